The zero-order valence-electron chi connectivity index (χ0n) is 16.5. The Hall–Kier alpha value is -2.82. The number of pyridine rings is 1. The van der Waals surface area contributed by atoms with Gasteiger partial charge in [-0.3, -0.25) is 9.78 Å². The number of nitrogens with two attached hydrogens (primary N) is 1. The van der Waals surface area contributed by atoms with Gasteiger partial charge >= 0.3 is 0 Å². The molecule has 2 N–H and O–H groups in total. The van der Waals surface area contributed by atoms with Crippen molar-refractivity contribution in [3.63, 3.8) is 0 Å². The lowest BCUT2D eigenvalue weighted by Crippen LogP contribution is -2.28. The Kier molecular flexibility index (Phi) is 7.41. The fourth-order valence-electron chi connectivity index (χ4n) is 2.72. The monoisotopic (exact) mass is 367 g/mol. The molecule has 1 amide bonds. The molecule has 0 aliphatic heterocycles. The molecule has 2 rings (SSSR count). The number of rotatable bonds is 9. The average Bonchev–Trinajstić information content (AvgIpc) is 2.67. The molecule has 5 nitrogen and oxygen atoms in total. The third-order valence-electron chi connectivity index (χ3n) is 4.45. The van der Waals surface area contributed by atoms with Crippen LogP contribution in [0.4, 0.5) is 5.69 Å². The number of carbonyl (C=O) groups excluding carboxylic acids is 1. The lowest BCUT2D eigenvalue weighted by atomic mass is 9.98. The van der Waals surface area contributed by atoms with Crippen LogP contribution in [-0.2, 0) is 4.79 Å². The van der Waals surface area contributed by atoms with Gasteiger partial charge in [-0.25, -0.2) is 0 Å². The highest BCUT2D eigenvalue weighted by molar-refractivity contribution is 5.84. The first kappa shape index (κ1) is 20.5. The van der Waals surface area contributed by atoms with E-state index in [2.05, 4.69) is 18.5 Å². The van der Waals surface area contributed by atoms with Gasteiger partial charge in [-0.05, 0) is 37.1 Å². The van der Waals surface area contributed by atoms with Crippen LogP contribution < -0.4 is 10.5 Å². The van der Waals surface area contributed by atoms with Crippen molar-refractivity contribution in [1.82, 2.24) is 9.88 Å². The molecule has 1 aromatic carbocycles. The summed E-state index contributed by atoms with van der Waals surface area (Å²) in [7, 11) is 1.83. The van der Waals surface area contributed by atoms with Crippen molar-refractivity contribution in [2.45, 2.75) is 33.1 Å². The maximum absolute atomic E-state index is 12.1. The summed E-state index contributed by atoms with van der Waals surface area (Å²) in [5.74, 6) is 0.702. The molecule has 0 fully saturated rings. The topological polar surface area (TPSA) is 68.5 Å². The van der Waals surface area contributed by atoms with Crippen LogP contribution in [0, 0.1) is 6.92 Å². The van der Waals surface area contributed by atoms with E-state index < -0.39 is 0 Å². The summed E-state index contributed by atoms with van der Waals surface area (Å²) in [5.41, 5.74) is 10.4. The van der Waals surface area contributed by atoms with Crippen LogP contribution in [0.3, 0.4) is 0 Å². The molecule has 144 valence electrons. The summed E-state index contributed by atoms with van der Waals surface area (Å²) in [6.45, 7) is 9.39. The summed E-state index contributed by atoms with van der Waals surface area (Å²) in [4.78, 5) is 18.1. The summed E-state index contributed by atoms with van der Waals surface area (Å²) >= 11 is 0. The average molecular weight is 367 g/mol. The van der Waals surface area contributed by atoms with Gasteiger partial charge in [0.25, 0.3) is 0 Å². The van der Waals surface area contributed by atoms with Gasteiger partial charge in [0.05, 0.1) is 19.2 Å². The maximum atomic E-state index is 12.1. The summed E-state index contributed by atoms with van der Waals surface area (Å²) in [6.07, 6.45) is 5.81. The number of ether oxygens (including phenoxy) is 1. The van der Waals surface area contributed by atoms with Crippen molar-refractivity contribution < 1.29 is 9.53 Å². The molecule has 0 saturated carbocycles. The largest absolute Gasteiger partial charge is 0.491 e. The summed E-state index contributed by atoms with van der Waals surface area (Å²) in [6, 6.07) is 7.74. The molecule has 0 bridgehead atoms. The molecular formula is C22H29N3O2. The second-order valence-corrected chi connectivity index (χ2v) is 6.75. The number of carbonyl (C=O) groups is 1. The van der Waals surface area contributed by atoms with Gasteiger partial charge in [0.2, 0.25) is 5.91 Å². The van der Waals surface area contributed by atoms with Crippen LogP contribution in [0.1, 0.15) is 42.9 Å². The minimum absolute atomic E-state index is 0.0875. The van der Waals surface area contributed by atoms with Crippen molar-refractivity contribution in [1.29, 1.82) is 0 Å². The van der Waals surface area contributed by atoms with E-state index in [9.17, 15) is 4.79 Å². The van der Waals surface area contributed by atoms with Crippen molar-refractivity contribution in [2.24, 2.45) is 0 Å². The van der Waals surface area contributed by atoms with Crippen molar-refractivity contribution in [3.8, 4) is 5.75 Å². The molecule has 2 aromatic rings. The molecule has 0 aliphatic carbocycles. The quantitative estimate of drug-likeness (QED) is 0.679. The number of unbranched alkanes of at least 4 members (excludes halogenated alkanes) is 1. The lowest BCUT2D eigenvalue weighted by Gasteiger charge is -2.17. The molecule has 0 spiro atoms. The molecule has 1 heterocycles. The van der Waals surface area contributed by atoms with E-state index >= 15 is 0 Å². The zero-order valence-corrected chi connectivity index (χ0v) is 16.5. The van der Waals surface area contributed by atoms with Crippen LogP contribution in [0.2, 0.25) is 0 Å². The number of aromatic nitrogens is 1. The Morgan fingerprint density at radius 3 is 2.81 bits per heavy atom. The van der Waals surface area contributed by atoms with Crippen LogP contribution in [-0.4, -0.2) is 36.0 Å². The minimum atomic E-state index is 0.0875. The van der Waals surface area contributed by atoms with Crippen LogP contribution in [0.15, 0.2) is 43.2 Å². The smallest absolute Gasteiger partial charge is 0.225 e. The number of benzene rings is 1. The zero-order chi connectivity index (χ0) is 19.8. The second-order valence-electron chi connectivity index (χ2n) is 6.75. The second kappa shape index (κ2) is 9.76. The van der Waals surface area contributed by atoms with E-state index in [1.165, 1.54) is 0 Å². The molecule has 0 unspecified atom stereocenters. The molecule has 0 radical (unpaired) electrons. The highest BCUT2D eigenvalue weighted by Crippen LogP contribution is 2.28. The number of hydrogen-bond donors (Lipinski definition) is 1. The van der Waals surface area contributed by atoms with Gasteiger partial charge in [-0.15, -0.1) is 0 Å². The van der Waals surface area contributed by atoms with Gasteiger partial charge < -0.3 is 15.4 Å². The van der Waals surface area contributed by atoms with Gasteiger partial charge in [0.1, 0.15) is 5.75 Å². The van der Waals surface area contributed by atoms with E-state index in [4.69, 9.17) is 10.5 Å². The van der Waals surface area contributed by atoms with Crippen LogP contribution >= 0.6 is 0 Å². The first-order chi connectivity index (χ1) is 12.9. The predicted octanol–water partition coefficient (Wildman–Crippen LogP) is 4.06. The molecule has 0 saturated heterocycles. The standard InChI is InChI=1S/C22H29N3O2/c1-5-6-10-25(4)22(26)9-11-27-19-13-18(14-24-15-19)17(3)20-12-16(2)7-8-21(20)23/h7-8,12-15H,3,5-6,9-11,23H2,1-2,4H3. The van der Waals surface area contributed by atoms with Crippen molar-refractivity contribution in [3.05, 3.63) is 59.9 Å². The summed E-state index contributed by atoms with van der Waals surface area (Å²) in [5, 5.41) is 0. The van der Waals surface area contributed by atoms with Gasteiger partial charge in [-0.2, -0.15) is 0 Å². The number of anilines is 1. The normalized spacial score (nSPS) is 10.5. The third kappa shape index (κ3) is 5.84. The molecule has 1 aromatic heterocycles. The third-order valence-corrected chi connectivity index (χ3v) is 4.45. The molecular weight excluding hydrogens is 338 g/mol. The number of nitrogen functional groups attached to an aromatic ring is 1. The predicted molar refractivity (Wildman–Crippen MR) is 111 cm³/mol. The van der Waals surface area contributed by atoms with E-state index in [1.54, 1.807) is 17.3 Å². The molecule has 5 heteroatoms. The molecule has 0 aliphatic rings. The number of aryl methyl sites for hydroxylation is 1. The van der Waals surface area contributed by atoms with Gasteiger partial charge in [0.15, 0.2) is 0 Å². The number of amides is 1. The Balaban J connectivity index is 1.98. The Labute approximate surface area is 161 Å². The maximum Gasteiger partial charge on any atom is 0.225 e. The lowest BCUT2D eigenvalue weighted by molar-refractivity contribution is -0.130. The fourth-order valence-corrected chi connectivity index (χ4v) is 2.72. The van der Waals surface area contributed by atoms with Crippen molar-refractivity contribution >= 4 is 17.2 Å². The number of hydrogen-bond acceptors (Lipinski definition) is 4. The van der Waals surface area contributed by atoms with Gasteiger partial charge in [0, 0.05) is 36.6 Å². The van der Waals surface area contributed by atoms with Crippen molar-refractivity contribution in [2.75, 3.05) is 25.9 Å². The van der Waals surface area contributed by atoms with Crippen LogP contribution in [0.25, 0.3) is 5.57 Å². The Morgan fingerprint density at radius 2 is 2.07 bits per heavy atom. The Bertz CT molecular complexity index is 802. The molecule has 0 atom stereocenters. The Morgan fingerprint density at radius 1 is 1.30 bits per heavy atom. The molecule has 27 heavy (non-hydrogen) atoms. The fraction of sp³-hybridized carbons (Fsp3) is 0.364. The minimum Gasteiger partial charge on any atom is -0.491 e. The van der Waals surface area contributed by atoms with E-state index in [1.807, 2.05) is 38.2 Å². The van der Waals surface area contributed by atoms with Crippen LogP contribution in [0.5, 0.6) is 5.75 Å². The first-order valence-corrected chi connectivity index (χ1v) is 9.30. The first-order valence-electron chi connectivity index (χ1n) is 9.30. The highest BCUT2D eigenvalue weighted by atomic mass is 16.5. The van der Waals surface area contributed by atoms with E-state index in [0.717, 1.165) is 41.6 Å². The number of nitrogens with zero attached hydrogens (tertiary/aromatic N) is 2. The highest BCUT2D eigenvalue weighted by Gasteiger charge is 2.10. The summed E-state index contributed by atoms with van der Waals surface area (Å²) < 4.78 is 5.73. The van der Waals surface area contributed by atoms with Gasteiger partial charge in [-0.1, -0.05) is 31.6 Å². The van der Waals surface area contributed by atoms with E-state index in [0.29, 0.717) is 24.5 Å². The SMILES string of the molecule is C=C(c1cncc(OCCC(=O)N(C)CCCC)c1)c1cc(C)ccc1N. The van der Waals surface area contributed by atoms with E-state index in [-0.39, 0.29) is 5.91 Å².